The van der Waals surface area contributed by atoms with Crippen LogP contribution < -0.4 is 5.32 Å². The van der Waals surface area contributed by atoms with Crippen molar-refractivity contribution < 1.29 is 9.90 Å². The molecular weight excluding hydrogens is 190 g/mol. The predicted molar refractivity (Wildman–Crippen MR) is 61.4 cm³/mol. The predicted octanol–water partition coefficient (Wildman–Crippen LogP) is 2.68. The van der Waals surface area contributed by atoms with Gasteiger partial charge < -0.3 is 10.4 Å². The molecule has 0 bridgehead atoms. The highest BCUT2D eigenvalue weighted by Crippen LogP contribution is 2.16. The topological polar surface area (TPSA) is 49.3 Å². The molecule has 3 heteroatoms. The molecule has 1 aromatic rings. The molecule has 0 aliphatic carbocycles. The average Bonchev–Trinajstić information content (AvgIpc) is 2.15. The molecule has 2 N–H and O–H groups in total. The van der Waals surface area contributed by atoms with Crippen LogP contribution in [-0.2, 0) is 0 Å². The fourth-order valence-corrected chi connectivity index (χ4v) is 1.24. The maximum Gasteiger partial charge on any atom is 0.335 e. The second-order valence-corrected chi connectivity index (χ2v) is 3.65. The second-order valence-electron chi connectivity index (χ2n) is 3.65. The number of benzene rings is 1. The van der Waals surface area contributed by atoms with E-state index in [0.717, 1.165) is 16.8 Å². The molecule has 0 atom stereocenters. The number of aryl methyl sites for hydroxylation is 1. The molecule has 0 spiro atoms. The molecule has 15 heavy (non-hydrogen) atoms. The van der Waals surface area contributed by atoms with Crippen LogP contribution in [-0.4, -0.2) is 17.6 Å². The van der Waals surface area contributed by atoms with Crippen molar-refractivity contribution in [1.29, 1.82) is 0 Å². The normalized spacial score (nSPS) is 9.73. The van der Waals surface area contributed by atoms with Gasteiger partial charge in [0, 0.05) is 12.2 Å². The van der Waals surface area contributed by atoms with E-state index >= 15 is 0 Å². The Hall–Kier alpha value is -1.77. The highest BCUT2D eigenvalue weighted by molar-refractivity contribution is 5.88. The second kappa shape index (κ2) is 4.64. The monoisotopic (exact) mass is 205 g/mol. The van der Waals surface area contributed by atoms with Gasteiger partial charge in [0.15, 0.2) is 0 Å². The third kappa shape index (κ3) is 3.13. The van der Waals surface area contributed by atoms with Gasteiger partial charge in [-0.15, -0.1) is 0 Å². The van der Waals surface area contributed by atoms with Crippen molar-refractivity contribution in [3.05, 3.63) is 41.5 Å². The highest BCUT2D eigenvalue weighted by Gasteiger charge is 2.04. The molecule has 0 aromatic heterocycles. The maximum absolute atomic E-state index is 10.7. The van der Waals surface area contributed by atoms with Crippen LogP contribution in [0.25, 0.3) is 0 Å². The van der Waals surface area contributed by atoms with Gasteiger partial charge in [0.25, 0.3) is 0 Å². The summed E-state index contributed by atoms with van der Waals surface area (Å²) in [7, 11) is 0. The summed E-state index contributed by atoms with van der Waals surface area (Å²) in [6.45, 7) is 8.31. The van der Waals surface area contributed by atoms with Crippen LogP contribution in [0, 0.1) is 6.92 Å². The van der Waals surface area contributed by atoms with E-state index < -0.39 is 5.97 Å². The van der Waals surface area contributed by atoms with Crippen molar-refractivity contribution in [3.63, 3.8) is 0 Å². The third-order valence-corrected chi connectivity index (χ3v) is 2.05. The molecule has 1 rings (SSSR count). The molecule has 0 unspecified atom stereocenters. The Bertz CT molecular complexity index is 397. The number of carboxylic acid groups (broad SMARTS) is 1. The zero-order valence-electron chi connectivity index (χ0n) is 9.00. The summed E-state index contributed by atoms with van der Waals surface area (Å²) < 4.78 is 0. The van der Waals surface area contributed by atoms with E-state index in [0.29, 0.717) is 12.1 Å². The minimum atomic E-state index is -0.899. The van der Waals surface area contributed by atoms with Gasteiger partial charge in [-0.1, -0.05) is 12.2 Å². The summed E-state index contributed by atoms with van der Waals surface area (Å²) in [5, 5.41) is 12.0. The van der Waals surface area contributed by atoms with Crippen LogP contribution in [0.1, 0.15) is 22.8 Å². The number of anilines is 1. The van der Waals surface area contributed by atoms with Crippen molar-refractivity contribution >= 4 is 11.7 Å². The Morgan fingerprint density at radius 2 is 2.20 bits per heavy atom. The standard InChI is InChI=1S/C12H15NO2/c1-8(2)7-13-11-5-4-10(12(14)15)6-9(11)3/h4-6,13H,1,7H2,2-3H3,(H,14,15). The van der Waals surface area contributed by atoms with E-state index in [-0.39, 0.29) is 0 Å². The summed E-state index contributed by atoms with van der Waals surface area (Å²) in [6, 6.07) is 5.03. The summed E-state index contributed by atoms with van der Waals surface area (Å²) in [5.41, 5.74) is 3.23. The minimum absolute atomic E-state index is 0.313. The van der Waals surface area contributed by atoms with Gasteiger partial charge in [0.05, 0.1) is 5.56 Å². The first-order valence-electron chi connectivity index (χ1n) is 4.73. The number of nitrogens with one attached hydrogen (secondary N) is 1. The Morgan fingerprint density at radius 1 is 1.53 bits per heavy atom. The Balaban J connectivity index is 2.83. The smallest absolute Gasteiger partial charge is 0.335 e. The molecule has 0 amide bonds. The van der Waals surface area contributed by atoms with E-state index in [9.17, 15) is 4.79 Å². The first-order chi connectivity index (χ1) is 7.00. The fraction of sp³-hybridized carbons (Fsp3) is 0.250. The highest BCUT2D eigenvalue weighted by atomic mass is 16.4. The molecular formula is C12H15NO2. The van der Waals surface area contributed by atoms with Crippen molar-refractivity contribution in [1.82, 2.24) is 0 Å². The SMILES string of the molecule is C=C(C)CNc1ccc(C(=O)O)cc1C. The van der Waals surface area contributed by atoms with Gasteiger partial charge in [-0.05, 0) is 37.6 Å². The lowest BCUT2D eigenvalue weighted by Crippen LogP contribution is -2.04. The van der Waals surface area contributed by atoms with E-state index in [2.05, 4.69) is 11.9 Å². The zero-order valence-corrected chi connectivity index (χ0v) is 9.00. The van der Waals surface area contributed by atoms with Crippen LogP contribution in [0.2, 0.25) is 0 Å². The number of carboxylic acids is 1. The van der Waals surface area contributed by atoms with Gasteiger partial charge in [-0.3, -0.25) is 0 Å². The number of aromatic carboxylic acids is 1. The molecule has 0 radical (unpaired) electrons. The van der Waals surface area contributed by atoms with E-state index in [1.165, 1.54) is 0 Å². The quantitative estimate of drug-likeness (QED) is 0.743. The van der Waals surface area contributed by atoms with Crippen LogP contribution in [0.15, 0.2) is 30.4 Å². The van der Waals surface area contributed by atoms with Gasteiger partial charge in [0.2, 0.25) is 0 Å². The summed E-state index contributed by atoms with van der Waals surface area (Å²) in [4.78, 5) is 10.7. The van der Waals surface area contributed by atoms with Gasteiger partial charge >= 0.3 is 5.97 Å². The Kier molecular flexibility index (Phi) is 3.50. The lowest BCUT2D eigenvalue weighted by atomic mass is 10.1. The zero-order chi connectivity index (χ0) is 11.4. The average molecular weight is 205 g/mol. The van der Waals surface area contributed by atoms with Crippen LogP contribution in [0.3, 0.4) is 0 Å². The molecule has 0 aliphatic rings. The molecule has 0 aliphatic heterocycles. The molecule has 1 aromatic carbocycles. The molecule has 80 valence electrons. The number of carbonyl (C=O) groups is 1. The van der Waals surface area contributed by atoms with E-state index in [1.54, 1.807) is 18.2 Å². The first-order valence-corrected chi connectivity index (χ1v) is 4.73. The van der Waals surface area contributed by atoms with Crippen LogP contribution in [0.4, 0.5) is 5.69 Å². The van der Waals surface area contributed by atoms with Gasteiger partial charge in [0.1, 0.15) is 0 Å². The molecule has 0 heterocycles. The van der Waals surface area contributed by atoms with E-state index in [4.69, 9.17) is 5.11 Å². The number of rotatable bonds is 4. The largest absolute Gasteiger partial charge is 0.478 e. The fourth-order valence-electron chi connectivity index (χ4n) is 1.24. The molecule has 0 fully saturated rings. The lowest BCUT2D eigenvalue weighted by molar-refractivity contribution is 0.0697. The molecule has 0 saturated carbocycles. The summed E-state index contributed by atoms with van der Waals surface area (Å²) >= 11 is 0. The Labute approximate surface area is 89.4 Å². The van der Waals surface area contributed by atoms with E-state index in [1.807, 2.05) is 13.8 Å². The van der Waals surface area contributed by atoms with Crippen LogP contribution in [0.5, 0.6) is 0 Å². The van der Waals surface area contributed by atoms with Crippen LogP contribution >= 0.6 is 0 Å². The summed E-state index contributed by atoms with van der Waals surface area (Å²) in [6.07, 6.45) is 0. The maximum atomic E-state index is 10.7. The Morgan fingerprint density at radius 3 is 2.67 bits per heavy atom. The van der Waals surface area contributed by atoms with Crippen molar-refractivity contribution in [2.75, 3.05) is 11.9 Å². The minimum Gasteiger partial charge on any atom is -0.478 e. The molecule has 3 nitrogen and oxygen atoms in total. The van der Waals surface area contributed by atoms with Crippen molar-refractivity contribution in [2.45, 2.75) is 13.8 Å². The molecule has 0 saturated heterocycles. The van der Waals surface area contributed by atoms with Gasteiger partial charge in [-0.25, -0.2) is 4.79 Å². The van der Waals surface area contributed by atoms with Gasteiger partial charge in [-0.2, -0.15) is 0 Å². The third-order valence-electron chi connectivity index (χ3n) is 2.05. The van der Waals surface area contributed by atoms with Crippen molar-refractivity contribution in [3.8, 4) is 0 Å². The number of hydrogen-bond acceptors (Lipinski definition) is 2. The first kappa shape index (κ1) is 11.3. The summed E-state index contributed by atoms with van der Waals surface area (Å²) in [5.74, 6) is -0.899. The number of hydrogen-bond donors (Lipinski definition) is 2. The van der Waals surface area contributed by atoms with Crippen molar-refractivity contribution in [2.24, 2.45) is 0 Å². The lowest BCUT2D eigenvalue weighted by Gasteiger charge is -2.09.